The summed E-state index contributed by atoms with van der Waals surface area (Å²) in [5, 5.41) is 10.1. The fourth-order valence-electron chi connectivity index (χ4n) is 4.28. The number of carbonyl (C=O) groups is 1. The molecule has 0 bridgehead atoms. The van der Waals surface area contributed by atoms with Crippen molar-refractivity contribution in [1.82, 2.24) is 4.31 Å². The lowest BCUT2D eigenvalue weighted by Gasteiger charge is -2.42. The minimum atomic E-state index is -3.28. The van der Waals surface area contributed by atoms with E-state index in [0.29, 0.717) is 22.2 Å². The highest BCUT2D eigenvalue weighted by Gasteiger charge is 2.34. The maximum Gasteiger partial charge on any atom is 0.304 e. The van der Waals surface area contributed by atoms with Crippen LogP contribution in [-0.2, 0) is 11.3 Å². The molecule has 4 rings (SSSR count). The number of halogens is 1. The number of rotatable bonds is 6. The third-order valence-corrected chi connectivity index (χ3v) is 8.24. The van der Waals surface area contributed by atoms with E-state index in [2.05, 4.69) is 0 Å². The molecule has 0 fully saturated rings. The molecule has 0 aliphatic carbocycles. The van der Waals surface area contributed by atoms with Crippen LogP contribution in [0.3, 0.4) is 0 Å². The highest BCUT2D eigenvalue weighted by atomic mass is 35.5. The lowest BCUT2D eigenvalue weighted by Crippen LogP contribution is -2.33. The van der Waals surface area contributed by atoms with E-state index >= 15 is 0 Å². The Kier molecular flexibility index (Phi) is 7.21. The van der Waals surface area contributed by atoms with Gasteiger partial charge in [-0.05, 0) is 60.4 Å². The summed E-state index contributed by atoms with van der Waals surface area (Å²) < 4.78 is 30.1. The van der Waals surface area contributed by atoms with Crippen LogP contribution in [0.5, 0.6) is 5.75 Å². The van der Waals surface area contributed by atoms with Gasteiger partial charge in [0.25, 0.3) is 0 Å². The number of ether oxygens (including phenoxy) is 1. The first-order valence-corrected chi connectivity index (χ1v) is 12.9. The molecular weight excluding hydrogens is 474 g/mol. The van der Waals surface area contributed by atoms with Gasteiger partial charge in [-0.1, -0.05) is 54.1 Å². The van der Waals surface area contributed by atoms with Crippen molar-refractivity contribution in [1.29, 1.82) is 0 Å². The summed E-state index contributed by atoms with van der Waals surface area (Å²) in [5.41, 5.74) is 3.58. The van der Waals surface area contributed by atoms with Crippen LogP contribution in [-0.4, -0.2) is 37.1 Å². The number of para-hydroxylation sites is 1. The van der Waals surface area contributed by atoms with Crippen molar-refractivity contribution in [3.05, 3.63) is 94.0 Å². The number of nitrogens with zero attached hydrogens (tertiary/aromatic N) is 1. The summed E-state index contributed by atoms with van der Waals surface area (Å²) in [5.74, 6) is -0.778. The van der Waals surface area contributed by atoms with Crippen molar-refractivity contribution in [2.45, 2.75) is 43.7 Å². The summed E-state index contributed by atoms with van der Waals surface area (Å²) in [6, 6.07) is 20.1. The van der Waals surface area contributed by atoms with E-state index in [1.54, 1.807) is 34.6 Å². The monoisotopic (exact) mass is 501 g/mol. The van der Waals surface area contributed by atoms with Crippen LogP contribution in [0.25, 0.3) is 0 Å². The molecule has 6 nitrogen and oxygen atoms in total. The minimum absolute atomic E-state index is 0.0682. The van der Waals surface area contributed by atoms with Gasteiger partial charge in [0.05, 0.1) is 13.0 Å². The Bertz CT molecular complexity index is 1180. The number of aryl methyl sites for hydroxylation is 1. The second-order valence-corrected chi connectivity index (χ2v) is 11.0. The van der Waals surface area contributed by atoms with E-state index in [-0.39, 0.29) is 25.0 Å². The number of aliphatic carboxylic acids is 1. The Morgan fingerprint density at radius 1 is 1.12 bits per heavy atom. The molecule has 1 heterocycles. The summed E-state index contributed by atoms with van der Waals surface area (Å²) in [6.07, 6.45) is -0.312. The smallest absolute Gasteiger partial charge is 0.304 e. The molecule has 0 saturated heterocycles. The summed E-state index contributed by atoms with van der Waals surface area (Å²) in [4.78, 5) is 12.0. The highest BCUT2D eigenvalue weighted by Crippen LogP contribution is 2.57. The van der Waals surface area contributed by atoms with Crippen molar-refractivity contribution >= 4 is 28.3 Å². The SMILES string of the molecule is Cc1ccc(C(CC(=O)O)c2ccc(Cl)cc2)cc1CN1CC(C)Oc2ccccc2S1(O)O. The van der Waals surface area contributed by atoms with E-state index in [1.165, 1.54) is 0 Å². The van der Waals surface area contributed by atoms with Gasteiger partial charge in [-0.25, -0.2) is 0 Å². The molecule has 2 atom stereocenters. The van der Waals surface area contributed by atoms with Crippen LogP contribution in [0.2, 0.25) is 5.02 Å². The second kappa shape index (κ2) is 9.98. The average Bonchev–Trinajstić information content (AvgIpc) is 2.88. The Hall–Kier alpha value is -2.55. The van der Waals surface area contributed by atoms with Gasteiger partial charge < -0.3 is 9.84 Å². The zero-order valence-corrected chi connectivity index (χ0v) is 20.6. The van der Waals surface area contributed by atoms with Gasteiger partial charge in [-0.3, -0.25) is 13.9 Å². The van der Waals surface area contributed by atoms with E-state index in [0.717, 1.165) is 22.3 Å². The van der Waals surface area contributed by atoms with E-state index in [9.17, 15) is 19.0 Å². The van der Waals surface area contributed by atoms with Crippen molar-refractivity contribution in [2.75, 3.05) is 6.54 Å². The zero-order valence-electron chi connectivity index (χ0n) is 19.0. The fourth-order valence-corrected chi connectivity index (χ4v) is 6.07. The Morgan fingerprint density at radius 3 is 2.50 bits per heavy atom. The third-order valence-electron chi connectivity index (χ3n) is 6.07. The van der Waals surface area contributed by atoms with Crippen LogP contribution in [0.1, 0.15) is 41.5 Å². The van der Waals surface area contributed by atoms with Gasteiger partial charge in [0.1, 0.15) is 16.7 Å². The predicted octanol–water partition coefficient (Wildman–Crippen LogP) is 6.56. The lowest BCUT2D eigenvalue weighted by molar-refractivity contribution is -0.137. The molecule has 180 valence electrons. The number of carboxylic acid groups (broad SMARTS) is 1. The highest BCUT2D eigenvalue weighted by molar-refractivity contribution is 8.22. The van der Waals surface area contributed by atoms with Crippen LogP contribution in [0, 0.1) is 6.92 Å². The number of benzene rings is 3. The molecule has 34 heavy (non-hydrogen) atoms. The average molecular weight is 502 g/mol. The summed E-state index contributed by atoms with van der Waals surface area (Å²) in [7, 11) is -3.28. The first-order chi connectivity index (χ1) is 16.1. The minimum Gasteiger partial charge on any atom is -0.487 e. The van der Waals surface area contributed by atoms with Crippen LogP contribution >= 0.6 is 22.4 Å². The van der Waals surface area contributed by atoms with E-state index in [4.69, 9.17) is 16.3 Å². The number of hydrogen-bond acceptors (Lipinski definition) is 5. The Morgan fingerprint density at radius 2 is 1.79 bits per heavy atom. The molecular formula is C26H28ClNO5S. The van der Waals surface area contributed by atoms with Gasteiger partial charge in [0.2, 0.25) is 0 Å². The number of carboxylic acids is 1. The van der Waals surface area contributed by atoms with Gasteiger partial charge in [0, 0.05) is 17.5 Å². The van der Waals surface area contributed by atoms with Crippen molar-refractivity contribution in [3.8, 4) is 5.75 Å². The molecule has 3 N–H and O–H groups in total. The quantitative estimate of drug-likeness (QED) is 0.354. The molecule has 0 amide bonds. The standard InChI is InChI=1S/C26H28ClNO5S/c1-17-7-8-20(23(14-26(29)30)19-9-11-22(27)12-10-19)13-21(17)16-28-15-18(2)33-24-5-3-4-6-25(24)34(28,31)32/h3-13,18,23,31-32H,14-16H2,1-2H3,(H,29,30). The summed E-state index contributed by atoms with van der Waals surface area (Å²) >= 11 is 6.03. The molecule has 0 spiro atoms. The molecule has 0 saturated carbocycles. The normalized spacial score (nSPS) is 19.4. The molecule has 3 aromatic carbocycles. The first-order valence-electron chi connectivity index (χ1n) is 11.0. The van der Waals surface area contributed by atoms with Gasteiger partial charge in [-0.2, -0.15) is 4.31 Å². The first kappa shape index (κ1) is 24.6. The van der Waals surface area contributed by atoms with Gasteiger partial charge in [0.15, 0.2) is 0 Å². The largest absolute Gasteiger partial charge is 0.487 e. The molecule has 3 aromatic rings. The molecule has 0 aromatic heterocycles. The predicted molar refractivity (Wildman–Crippen MR) is 135 cm³/mol. The fraction of sp³-hybridized carbons (Fsp3) is 0.269. The molecule has 8 heteroatoms. The van der Waals surface area contributed by atoms with Crippen LogP contribution in [0.15, 0.2) is 71.6 Å². The van der Waals surface area contributed by atoms with Gasteiger partial charge in [-0.15, -0.1) is 10.8 Å². The molecule has 0 radical (unpaired) electrons. The van der Waals surface area contributed by atoms with Crippen molar-refractivity contribution in [3.63, 3.8) is 0 Å². The molecule has 1 aliphatic rings. The van der Waals surface area contributed by atoms with Crippen LogP contribution in [0.4, 0.5) is 0 Å². The number of fused-ring (bicyclic) bond motifs is 1. The summed E-state index contributed by atoms with van der Waals surface area (Å²) in [6.45, 7) is 4.48. The van der Waals surface area contributed by atoms with Crippen LogP contribution < -0.4 is 4.74 Å². The van der Waals surface area contributed by atoms with Crippen molar-refractivity contribution in [2.24, 2.45) is 0 Å². The topological polar surface area (TPSA) is 90.2 Å². The Labute approximate surface area is 206 Å². The lowest BCUT2D eigenvalue weighted by atomic mass is 9.87. The number of hydrogen-bond donors (Lipinski definition) is 3. The third kappa shape index (κ3) is 5.24. The molecule has 2 unspecified atom stereocenters. The zero-order chi connectivity index (χ0) is 24.5. The van der Waals surface area contributed by atoms with Crippen molar-refractivity contribution < 1.29 is 23.7 Å². The van der Waals surface area contributed by atoms with E-state index < -0.39 is 16.7 Å². The van der Waals surface area contributed by atoms with Gasteiger partial charge >= 0.3 is 5.97 Å². The Balaban J connectivity index is 1.70. The maximum absolute atomic E-state index is 11.7. The molecule has 1 aliphatic heterocycles. The maximum atomic E-state index is 11.7. The van der Waals surface area contributed by atoms with E-state index in [1.807, 2.05) is 50.2 Å². The second-order valence-electron chi connectivity index (χ2n) is 8.60.